The Morgan fingerprint density at radius 2 is 1.88 bits per heavy atom. The average molecular weight is 454 g/mol. The van der Waals surface area contributed by atoms with Crippen LogP contribution in [0.25, 0.3) is 21.9 Å². The minimum atomic E-state index is 0.637. The lowest BCUT2D eigenvalue weighted by Crippen LogP contribution is -2.15. The van der Waals surface area contributed by atoms with Crippen LogP contribution in [-0.4, -0.2) is 4.98 Å². The summed E-state index contributed by atoms with van der Waals surface area (Å²) in [6.45, 7) is 15.2. The van der Waals surface area contributed by atoms with Crippen molar-refractivity contribution >= 4 is 33.2 Å². The van der Waals surface area contributed by atoms with Crippen LogP contribution in [0.4, 0.5) is 0 Å². The summed E-state index contributed by atoms with van der Waals surface area (Å²) in [5.74, 6) is 1.33. The van der Waals surface area contributed by atoms with Crippen molar-refractivity contribution in [2.45, 2.75) is 65.7 Å². The Labute approximate surface area is 203 Å². The average Bonchev–Trinajstić information content (AvgIpc) is 3.44. The van der Waals surface area contributed by atoms with Crippen LogP contribution in [0.5, 0.6) is 0 Å². The molecule has 1 nitrogen and oxygen atoms in total. The molecule has 0 atom stereocenters. The van der Waals surface area contributed by atoms with Crippen LogP contribution in [0.15, 0.2) is 49.1 Å². The van der Waals surface area contributed by atoms with Gasteiger partial charge in [-0.15, -0.1) is 17.9 Å². The van der Waals surface area contributed by atoms with Gasteiger partial charge in [0.05, 0.1) is 10.2 Å². The molecule has 0 saturated heterocycles. The van der Waals surface area contributed by atoms with Gasteiger partial charge in [-0.1, -0.05) is 55.0 Å². The van der Waals surface area contributed by atoms with Crippen molar-refractivity contribution in [2.24, 2.45) is 11.8 Å². The fourth-order valence-electron chi connectivity index (χ4n) is 5.81. The second-order valence-corrected chi connectivity index (χ2v) is 11.1. The Hall–Kier alpha value is -2.45. The highest BCUT2D eigenvalue weighted by atomic mass is 32.1. The monoisotopic (exact) mass is 453 g/mol. The molecular formula is C31H35NS. The van der Waals surface area contributed by atoms with Gasteiger partial charge in [-0.25, -0.2) is 4.98 Å². The molecule has 170 valence electrons. The van der Waals surface area contributed by atoms with Gasteiger partial charge >= 0.3 is 0 Å². The van der Waals surface area contributed by atoms with Gasteiger partial charge in [0.25, 0.3) is 0 Å². The third-order valence-electron chi connectivity index (χ3n) is 7.78. The maximum absolute atomic E-state index is 5.26. The molecule has 1 aromatic heterocycles. The molecule has 1 saturated carbocycles. The highest BCUT2D eigenvalue weighted by Crippen LogP contribution is 2.40. The van der Waals surface area contributed by atoms with Gasteiger partial charge in [0.15, 0.2) is 0 Å². The van der Waals surface area contributed by atoms with E-state index in [1.54, 1.807) is 0 Å². The fraction of sp³-hybridized carbons (Fsp3) is 0.387. The summed E-state index contributed by atoms with van der Waals surface area (Å²) in [4.78, 5) is 5.26. The van der Waals surface area contributed by atoms with Gasteiger partial charge in [-0.2, -0.15) is 0 Å². The van der Waals surface area contributed by atoms with Crippen LogP contribution < -0.4 is 0 Å². The van der Waals surface area contributed by atoms with Crippen molar-refractivity contribution in [1.82, 2.24) is 4.98 Å². The zero-order valence-corrected chi connectivity index (χ0v) is 21.2. The zero-order valence-electron chi connectivity index (χ0n) is 20.3. The van der Waals surface area contributed by atoms with E-state index in [4.69, 9.17) is 4.98 Å². The lowest BCUT2D eigenvalue weighted by atomic mass is 9.77. The van der Waals surface area contributed by atoms with Crippen molar-refractivity contribution in [1.29, 1.82) is 0 Å². The van der Waals surface area contributed by atoms with Gasteiger partial charge in [-0.3, -0.25) is 0 Å². The Balaban J connectivity index is 1.45. The summed E-state index contributed by atoms with van der Waals surface area (Å²) in [6, 6.07) is 9.27. The van der Waals surface area contributed by atoms with Crippen LogP contribution in [0.2, 0.25) is 0 Å². The predicted molar refractivity (Wildman–Crippen MR) is 145 cm³/mol. The highest BCUT2D eigenvalue weighted by Gasteiger charge is 2.24. The largest absolute Gasteiger partial charge is 0.236 e. The standard InChI is InChI=1S/C31H35NS/c1-6-22-8-10-24(11-9-22)20(4)16-25-13-12-23(7-2)30-29(25)32-31(33-30)27-17-26-15-19(3)14-21(5)28(26)18-27/h6,12-15,18,22,24H,1,4,7-11,16-17H2,2-3,5H3. The molecular weight excluding hydrogens is 418 g/mol. The maximum atomic E-state index is 5.26. The van der Waals surface area contributed by atoms with Crippen molar-refractivity contribution in [3.8, 4) is 0 Å². The number of rotatable bonds is 6. The van der Waals surface area contributed by atoms with E-state index >= 15 is 0 Å². The van der Waals surface area contributed by atoms with Crippen molar-refractivity contribution in [2.75, 3.05) is 0 Å². The van der Waals surface area contributed by atoms with Crippen LogP contribution in [0.3, 0.4) is 0 Å². The topological polar surface area (TPSA) is 12.9 Å². The predicted octanol–water partition coefficient (Wildman–Crippen LogP) is 8.66. The Bertz CT molecular complexity index is 1260. The number of hydrogen-bond donors (Lipinski definition) is 0. The molecule has 0 spiro atoms. The first kappa shape index (κ1) is 22.3. The van der Waals surface area contributed by atoms with Crippen molar-refractivity contribution < 1.29 is 0 Å². The smallest absolute Gasteiger partial charge is 0.120 e. The summed E-state index contributed by atoms with van der Waals surface area (Å²) in [5.41, 5.74) is 12.3. The summed E-state index contributed by atoms with van der Waals surface area (Å²) >= 11 is 1.89. The lowest BCUT2D eigenvalue weighted by molar-refractivity contribution is 0.342. The molecule has 2 heteroatoms. The van der Waals surface area contributed by atoms with E-state index in [1.165, 1.54) is 85.4 Å². The van der Waals surface area contributed by atoms with Gasteiger partial charge < -0.3 is 0 Å². The molecule has 1 fully saturated rings. The maximum Gasteiger partial charge on any atom is 0.120 e. The number of fused-ring (bicyclic) bond motifs is 2. The molecule has 2 aromatic carbocycles. The third kappa shape index (κ3) is 4.26. The normalized spacial score (nSPS) is 20.0. The summed E-state index contributed by atoms with van der Waals surface area (Å²) in [5, 5.41) is 1.19. The molecule has 3 aromatic rings. The number of benzene rings is 2. The lowest BCUT2D eigenvalue weighted by Gasteiger charge is -2.28. The number of aromatic nitrogens is 1. The number of aryl methyl sites for hydroxylation is 3. The molecule has 0 aliphatic heterocycles. The summed E-state index contributed by atoms with van der Waals surface area (Å²) in [7, 11) is 0. The van der Waals surface area contributed by atoms with E-state index in [0.717, 1.165) is 19.3 Å². The van der Waals surface area contributed by atoms with Gasteiger partial charge in [-0.05, 0) is 104 Å². The van der Waals surface area contributed by atoms with E-state index < -0.39 is 0 Å². The van der Waals surface area contributed by atoms with E-state index in [9.17, 15) is 0 Å². The minimum Gasteiger partial charge on any atom is -0.236 e. The van der Waals surface area contributed by atoms with Gasteiger partial charge in [0, 0.05) is 6.42 Å². The number of nitrogens with zero attached hydrogens (tertiary/aromatic N) is 1. The van der Waals surface area contributed by atoms with Crippen LogP contribution in [-0.2, 0) is 19.3 Å². The SMILES string of the molecule is C=CC1CCC(C(=C)Cc2ccc(CC)c3sc(C4=Cc5c(C)cc(C)cc5C4)nc23)CC1. The van der Waals surface area contributed by atoms with Crippen molar-refractivity contribution in [3.05, 3.63) is 87.5 Å². The van der Waals surface area contributed by atoms with E-state index in [1.807, 2.05) is 11.3 Å². The minimum absolute atomic E-state index is 0.637. The Morgan fingerprint density at radius 3 is 2.61 bits per heavy atom. The molecule has 0 radical (unpaired) electrons. The number of allylic oxidation sites excluding steroid dienone is 3. The number of thiazole rings is 1. The third-order valence-corrected chi connectivity index (χ3v) is 8.99. The molecule has 1 heterocycles. The van der Waals surface area contributed by atoms with Crippen molar-refractivity contribution in [3.63, 3.8) is 0 Å². The quantitative estimate of drug-likeness (QED) is 0.340. The molecule has 0 amide bonds. The van der Waals surface area contributed by atoms with Gasteiger partial charge in [0.2, 0.25) is 0 Å². The molecule has 0 unspecified atom stereocenters. The molecule has 2 aliphatic rings. The molecule has 33 heavy (non-hydrogen) atoms. The molecule has 0 N–H and O–H groups in total. The first-order valence-electron chi connectivity index (χ1n) is 12.5. The number of hydrogen-bond acceptors (Lipinski definition) is 2. The highest BCUT2D eigenvalue weighted by molar-refractivity contribution is 7.19. The Morgan fingerprint density at radius 1 is 1.12 bits per heavy atom. The van der Waals surface area contributed by atoms with E-state index in [0.29, 0.717) is 11.8 Å². The van der Waals surface area contributed by atoms with Crippen LogP contribution in [0, 0.1) is 25.7 Å². The Kier molecular flexibility index (Phi) is 6.14. The summed E-state index contributed by atoms with van der Waals surface area (Å²) in [6.07, 6.45) is 12.5. The second kappa shape index (κ2) is 9.06. The first-order chi connectivity index (χ1) is 16.0. The van der Waals surface area contributed by atoms with E-state index in [2.05, 4.69) is 70.3 Å². The van der Waals surface area contributed by atoms with Crippen LogP contribution >= 0.6 is 11.3 Å². The van der Waals surface area contributed by atoms with Gasteiger partial charge in [0.1, 0.15) is 5.01 Å². The fourth-order valence-corrected chi connectivity index (χ4v) is 7.02. The molecule has 5 rings (SSSR count). The summed E-state index contributed by atoms with van der Waals surface area (Å²) < 4.78 is 1.37. The molecule has 2 aliphatic carbocycles. The first-order valence-corrected chi connectivity index (χ1v) is 13.3. The zero-order chi connectivity index (χ0) is 23.1. The van der Waals surface area contributed by atoms with E-state index in [-0.39, 0.29) is 0 Å². The molecule has 0 bridgehead atoms. The van der Waals surface area contributed by atoms with Crippen LogP contribution in [0.1, 0.15) is 71.0 Å². The second-order valence-electron chi connectivity index (χ2n) is 10.1.